The first-order valence-electron chi connectivity index (χ1n) is 10.9. The van der Waals surface area contributed by atoms with Gasteiger partial charge in [0, 0.05) is 10.7 Å². The van der Waals surface area contributed by atoms with Gasteiger partial charge in [-0.15, -0.1) is 0 Å². The SMILES string of the molecule is CC(C)(C)c1ccc(OC(=O)c2ccc(NC3=C(Cl)C(=O)N(c4ccc(Cl)cc4Cl)C3=O)cc2)cc1. The lowest BCUT2D eigenvalue weighted by Crippen LogP contribution is -2.32. The zero-order valence-corrected chi connectivity index (χ0v) is 21.8. The van der Waals surface area contributed by atoms with Crippen LogP contribution in [0.4, 0.5) is 11.4 Å². The fourth-order valence-electron chi connectivity index (χ4n) is 3.52. The zero-order valence-electron chi connectivity index (χ0n) is 19.6. The molecule has 36 heavy (non-hydrogen) atoms. The highest BCUT2D eigenvalue weighted by molar-refractivity contribution is 6.53. The Morgan fingerprint density at radius 1 is 0.861 bits per heavy atom. The van der Waals surface area contributed by atoms with Gasteiger partial charge in [0.2, 0.25) is 0 Å². The Bertz CT molecular complexity index is 1390. The predicted octanol–water partition coefficient (Wildman–Crippen LogP) is 6.95. The fraction of sp³-hybridized carbons (Fsp3) is 0.148. The average molecular weight is 544 g/mol. The summed E-state index contributed by atoms with van der Waals surface area (Å²) in [6, 6.07) is 18.0. The van der Waals surface area contributed by atoms with Crippen molar-refractivity contribution in [3.05, 3.63) is 98.6 Å². The molecule has 0 spiro atoms. The molecule has 0 fully saturated rings. The van der Waals surface area contributed by atoms with Crippen LogP contribution < -0.4 is 15.0 Å². The van der Waals surface area contributed by atoms with Crippen molar-refractivity contribution in [3.8, 4) is 5.75 Å². The Kier molecular flexibility index (Phi) is 7.14. The number of nitrogens with one attached hydrogen (secondary N) is 1. The number of ether oxygens (including phenoxy) is 1. The van der Waals surface area contributed by atoms with Gasteiger partial charge >= 0.3 is 5.97 Å². The number of amides is 2. The lowest BCUT2D eigenvalue weighted by Gasteiger charge is -2.19. The molecule has 0 aliphatic carbocycles. The molecule has 1 heterocycles. The molecule has 0 unspecified atom stereocenters. The van der Waals surface area contributed by atoms with E-state index in [4.69, 9.17) is 39.5 Å². The minimum Gasteiger partial charge on any atom is -0.423 e. The summed E-state index contributed by atoms with van der Waals surface area (Å²) in [6.45, 7) is 6.31. The molecule has 3 aromatic rings. The first-order chi connectivity index (χ1) is 17.0. The number of imide groups is 1. The van der Waals surface area contributed by atoms with E-state index >= 15 is 0 Å². The molecule has 3 aromatic carbocycles. The highest BCUT2D eigenvalue weighted by atomic mass is 35.5. The molecule has 1 aliphatic heterocycles. The molecular formula is C27H21Cl3N2O4. The van der Waals surface area contributed by atoms with Crippen LogP contribution in [0.3, 0.4) is 0 Å². The summed E-state index contributed by atoms with van der Waals surface area (Å²) in [5, 5.41) is 3.06. The second-order valence-corrected chi connectivity index (χ2v) is 10.3. The Morgan fingerprint density at radius 3 is 2.08 bits per heavy atom. The topological polar surface area (TPSA) is 75.7 Å². The van der Waals surface area contributed by atoms with E-state index in [0.29, 0.717) is 22.0 Å². The third-order valence-electron chi connectivity index (χ3n) is 5.50. The summed E-state index contributed by atoms with van der Waals surface area (Å²) in [5.74, 6) is -1.48. The Morgan fingerprint density at radius 2 is 1.50 bits per heavy atom. The van der Waals surface area contributed by atoms with Gasteiger partial charge in [0.05, 0.1) is 16.3 Å². The maximum atomic E-state index is 13.0. The number of esters is 1. The van der Waals surface area contributed by atoms with Gasteiger partial charge in [0.1, 0.15) is 16.5 Å². The Balaban J connectivity index is 1.46. The number of carbonyl (C=O) groups excluding carboxylic acids is 3. The second kappa shape index (κ2) is 9.97. The number of anilines is 2. The second-order valence-electron chi connectivity index (χ2n) is 9.10. The monoisotopic (exact) mass is 542 g/mol. The van der Waals surface area contributed by atoms with Gasteiger partial charge in [0.25, 0.3) is 11.8 Å². The van der Waals surface area contributed by atoms with E-state index in [2.05, 4.69) is 26.1 Å². The van der Waals surface area contributed by atoms with Gasteiger partial charge in [-0.25, -0.2) is 9.69 Å². The van der Waals surface area contributed by atoms with Gasteiger partial charge in [-0.3, -0.25) is 9.59 Å². The summed E-state index contributed by atoms with van der Waals surface area (Å²) in [7, 11) is 0. The molecule has 0 bridgehead atoms. The van der Waals surface area contributed by atoms with E-state index < -0.39 is 17.8 Å². The molecule has 0 radical (unpaired) electrons. The number of hydrogen-bond donors (Lipinski definition) is 1. The first kappa shape index (κ1) is 25.8. The summed E-state index contributed by atoms with van der Waals surface area (Å²) in [6.07, 6.45) is 0. The smallest absolute Gasteiger partial charge is 0.343 e. The van der Waals surface area contributed by atoms with E-state index in [1.54, 1.807) is 24.3 Å². The molecule has 0 saturated carbocycles. The van der Waals surface area contributed by atoms with Crippen molar-refractivity contribution in [2.75, 3.05) is 10.2 Å². The molecule has 2 amide bonds. The van der Waals surface area contributed by atoms with Crippen LogP contribution in [0.1, 0.15) is 36.7 Å². The van der Waals surface area contributed by atoms with Crippen LogP contribution in [0.5, 0.6) is 5.75 Å². The van der Waals surface area contributed by atoms with Crippen molar-refractivity contribution >= 4 is 64.0 Å². The fourth-order valence-corrected chi connectivity index (χ4v) is 4.22. The van der Waals surface area contributed by atoms with Crippen molar-refractivity contribution in [3.63, 3.8) is 0 Å². The lowest BCUT2D eigenvalue weighted by molar-refractivity contribution is -0.120. The van der Waals surface area contributed by atoms with E-state index in [1.165, 1.54) is 30.3 Å². The first-order valence-corrected chi connectivity index (χ1v) is 12.0. The van der Waals surface area contributed by atoms with Crippen molar-refractivity contribution in [2.45, 2.75) is 26.2 Å². The predicted molar refractivity (Wildman–Crippen MR) is 142 cm³/mol. The van der Waals surface area contributed by atoms with Crippen molar-refractivity contribution in [1.82, 2.24) is 0 Å². The van der Waals surface area contributed by atoms with Crippen LogP contribution in [-0.4, -0.2) is 17.8 Å². The molecule has 1 N–H and O–H groups in total. The summed E-state index contributed by atoms with van der Waals surface area (Å²) in [4.78, 5) is 39.1. The quantitative estimate of drug-likeness (QED) is 0.214. The standard InChI is InChI=1S/C27H21Cl3N2O4/c1-27(2,3)16-6-11-19(12-7-16)36-26(35)15-4-9-18(10-5-15)31-23-22(30)24(33)32(25(23)34)21-13-8-17(28)14-20(21)29/h4-14,31H,1-3H3. The van der Waals surface area contributed by atoms with E-state index in [1.807, 2.05) is 12.1 Å². The Labute approximate surface area is 223 Å². The number of hydrogen-bond acceptors (Lipinski definition) is 5. The van der Waals surface area contributed by atoms with Gasteiger partial charge in [0.15, 0.2) is 0 Å². The molecule has 0 saturated heterocycles. The molecule has 6 nitrogen and oxygen atoms in total. The van der Waals surface area contributed by atoms with Crippen LogP contribution >= 0.6 is 34.8 Å². The summed E-state index contributed by atoms with van der Waals surface area (Å²) >= 11 is 18.3. The highest BCUT2D eigenvalue weighted by Crippen LogP contribution is 2.35. The lowest BCUT2D eigenvalue weighted by atomic mass is 9.87. The van der Waals surface area contributed by atoms with Gasteiger partial charge < -0.3 is 10.1 Å². The van der Waals surface area contributed by atoms with Crippen LogP contribution in [0, 0.1) is 0 Å². The van der Waals surface area contributed by atoms with Crippen LogP contribution in [0.15, 0.2) is 77.5 Å². The van der Waals surface area contributed by atoms with E-state index in [0.717, 1.165) is 10.5 Å². The van der Waals surface area contributed by atoms with Crippen LogP contribution in [-0.2, 0) is 15.0 Å². The number of carbonyl (C=O) groups is 3. The zero-order chi connectivity index (χ0) is 26.2. The van der Waals surface area contributed by atoms with Crippen molar-refractivity contribution in [1.29, 1.82) is 0 Å². The molecule has 184 valence electrons. The minimum atomic E-state index is -0.717. The van der Waals surface area contributed by atoms with Crippen LogP contribution in [0.25, 0.3) is 0 Å². The third-order valence-corrected chi connectivity index (χ3v) is 6.39. The molecule has 1 aliphatic rings. The third kappa shape index (κ3) is 5.26. The van der Waals surface area contributed by atoms with E-state index in [9.17, 15) is 14.4 Å². The maximum absolute atomic E-state index is 13.0. The van der Waals surface area contributed by atoms with Crippen molar-refractivity contribution in [2.24, 2.45) is 0 Å². The normalized spacial score (nSPS) is 13.9. The van der Waals surface area contributed by atoms with Gasteiger partial charge in [-0.2, -0.15) is 0 Å². The molecule has 0 aromatic heterocycles. The highest BCUT2D eigenvalue weighted by Gasteiger charge is 2.39. The summed E-state index contributed by atoms with van der Waals surface area (Å²) < 4.78 is 5.46. The van der Waals surface area contributed by atoms with Gasteiger partial charge in [-0.1, -0.05) is 67.7 Å². The van der Waals surface area contributed by atoms with Crippen LogP contribution in [0.2, 0.25) is 10.0 Å². The Hall–Kier alpha value is -3.32. The maximum Gasteiger partial charge on any atom is 0.343 e. The van der Waals surface area contributed by atoms with Crippen molar-refractivity contribution < 1.29 is 19.1 Å². The number of benzene rings is 3. The van der Waals surface area contributed by atoms with E-state index in [-0.39, 0.29) is 26.9 Å². The summed E-state index contributed by atoms with van der Waals surface area (Å²) in [5.41, 5.74) is 1.93. The minimum absolute atomic E-state index is 0.00682. The largest absolute Gasteiger partial charge is 0.423 e. The average Bonchev–Trinajstić information content (AvgIpc) is 3.03. The molecule has 4 rings (SSSR count). The number of nitrogens with zero attached hydrogens (tertiary/aromatic N) is 1. The number of halogens is 3. The molecule has 0 atom stereocenters. The molecule has 9 heteroatoms. The van der Waals surface area contributed by atoms with Gasteiger partial charge in [-0.05, 0) is 65.6 Å². The molecular weight excluding hydrogens is 523 g/mol. The number of rotatable bonds is 5.